The van der Waals surface area contributed by atoms with Crippen LogP contribution in [0.3, 0.4) is 0 Å². The molecule has 0 radical (unpaired) electrons. The van der Waals surface area contributed by atoms with Gasteiger partial charge in [0, 0.05) is 6.08 Å². The van der Waals surface area contributed by atoms with Gasteiger partial charge >= 0.3 is 0 Å². The quantitative estimate of drug-likeness (QED) is 0.612. The Labute approximate surface area is 117 Å². The van der Waals surface area contributed by atoms with Crippen LogP contribution in [0.1, 0.15) is 16.7 Å². The maximum atomic E-state index is 10.3. The highest BCUT2D eigenvalue weighted by molar-refractivity contribution is 5.50. The average Bonchev–Trinajstić information content (AvgIpc) is 2.45. The van der Waals surface area contributed by atoms with Gasteiger partial charge in [-0.15, -0.1) is 0 Å². The SMILES string of the molecule is Cc1ccc(COc2cccc(/C=C/[N+](=O)[O-])c2)cc1. The first-order valence-electron chi connectivity index (χ1n) is 6.23. The molecular weight excluding hydrogens is 254 g/mol. The molecule has 0 unspecified atom stereocenters. The molecule has 0 heterocycles. The van der Waals surface area contributed by atoms with Gasteiger partial charge in [0.2, 0.25) is 6.20 Å². The number of hydrogen-bond donors (Lipinski definition) is 0. The van der Waals surface area contributed by atoms with Gasteiger partial charge in [0.05, 0.1) is 4.92 Å². The Hall–Kier alpha value is -2.62. The molecule has 4 nitrogen and oxygen atoms in total. The topological polar surface area (TPSA) is 52.4 Å². The predicted octanol–water partition coefficient (Wildman–Crippen LogP) is 3.82. The minimum atomic E-state index is -0.486. The Balaban J connectivity index is 2.01. The van der Waals surface area contributed by atoms with Crippen LogP contribution in [0.2, 0.25) is 0 Å². The monoisotopic (exact) mass is 269 g/mol. The highest BCUT2D eigenvalue weighted by atomic mass is 16.6. The van der Waals surface area contributed by atoms with Crippen molar-refractivity contribution in [1.29, 1.82) is 0 Å². The molecule has 0 atom stereocenters. The van der Waals surface area contributed by atoms with Crippen molar-refractivity contribution < 1.29 is 9.66 Å². The molecule has 0 bridgehead atoms. The molecule has 0 aliphatic heterocycles. The average molecular weight is 269 g/mol. The number of ether oxygens (including phenoxy) is 1. The fraction of sp³-hybridized carbons (Fsp3) is 0.125. The van der Waals surface area contributed by atoms with E-state index in [2.05, 4.69) is 0 Å². The van der Waals surface area contributed by atoms with Gasteiger partial charge in [0.1, 0.15) is 12.4 Å². The van der Waals surface area contributed by atoms with Crippen molar-refractivity contribution in [3.63, 3.8) is 0 Å². The first-order chi connectivity index (χ1) is 9.63. The summed E-state index contributed by atoms with van der Waals surface area (Å²) < 4.78 is 5.68. The Kier molecular flexibility index (Phi) is 4.50. The number of aryl methyl sites for hydroxylation is 1. The minimum absolute atomic E-state index is 0.475. The Morgan fingerprint density at radius 1 is 1.20 bits per heavy atom. The fourth-order valence-corrected chi connectivity index (χ4v) is 1.71. The van der Waals surface area contributed by atoms with Crippen LogP contribution in [0.25, 0.3) is 6.08 Å². The molecule has 0 aliphatic carbocycles. The van der Waals surface area contributed by atoms with Crippen LogP contribution < -0.4 is 4.74 Å². The first kappa shape index (κ1) is 13.8. The van der Waals surface area contributed by atoms with Crippen molar-refractivity contribution in [3.05, 3.63) is 81.5 Å². The van der Waals surface area contributed by atoms with E-state index in [1.165, 1.54) is 11.6 Å². The van der Waals surface area contributed by atoms with E-state index in [9.17, 15) is 10.1 Å². The van der Waals surface area contributed by atoms with E-state index in [1.54, 1.807) is 12.1 Å². The molecule has 0 fully saturated rings. The zero-order chi connectivity index (χ0) is 14.4. The lowest BCUT2D eigenvalue weighted by Crippen LogP contribution is -1.95. The Bertz CT molecular complexity index is 618. The van der Waals surface area contributed by atoms with Crippen LogP contribution in [0.4, 0.5) is 0 Å². The highest BCUT2D eigenvalue weighted by Crippen LogP contribution is 2.16. The van der Waals surface area contributed by atoms with Gasteiger partial charge in [0.15, 0.2) is 0 Å². The minimum Gasteiger partial charge on any atom is -0.489 e. The van der Waals surface area contributed by atoms with Crippen LogP contribution >= 0.6 is 0 Å². The second-order valence-electron chi connectivity index (χ2n) is 4.45. The summed E-state index contributed by atoms with van der Waals surface area (Å²) in [4.78, 5) is 9.80. The number of benzene rings is 2. The second kappa shape index (κ2) is 6.52. The summed E-state index contributed by atoms with van der Waals surface area (Å²) in [6.07, 6.45) is 2.36. The molecule has 0 aliphatic rings. The maximum Gasteiger partial charge on any atom is 0.235 e. The van der Waals surface area contributed by atoms with Gasteiger partial charge < -0.3 is 4.74 Å². The van der Waals surface area contributed by atoms with E-state index in [1.807, 2.05) is 43.3 Å². The molecule has 4 heteroatoms. The molecule has 20 heavy (non-hydrogen) atoms. The largest absolute Gasteiger partial charge is 0.489 e. The van der Waals surface area contributed by atoms with E-state index < -0.39 is 4.92 Å². The lowest BCUT2D eigenvalue weighted by molar-refractivity contribution is -0.400. The lowest BCUT2D eigenvalue weighted by atomic mass is 10.2. The lowest BCUT2D eigenvalue weighted by Gasteiger charge is -2.07. The molecule has 0 saturated carbocycles. The van der Waals surface area contributed by atoms with Gasteiger partial charge in [-0.05, 0) is 30.2 Å². The smallest absolute Gasteiger partial charge is 0.235 e. The van der Waals surface area contributed by atoms with E-state index in [0.717, 1.165) is 17.3 Å². The summed E-state index contributed by atoms with van der Waals surface area (Å²) >= 11 is 0. The summed E-state index contributed by atoms with van der Waals surface area (Å²) in [5.41, 5.74) is 3.03. The van der Waals surface area contributed by atoms with Crippen LogP contribution in [0.15, 0.2) is 54.7 Å². The molecule has 0 spiro atoms. The summed E-state index contributed by atoms with van der Waals surface area (Å²) in [6, 6.07) is 15.3. The molecule has 2 rings (SSSR count). The summed E-state index contributed by atoms with van der Waals surface area (Å²) in [5.74, 6) is 0.691. The maximum absolute atomic E-state index is 10.3. The fourth-order valence-electron chi connectivity index (χ4n) is 1.71. The normalized spacial score (nSPS) is 10.7. The zero-order valence-electron chi connectivity index (χ0n) is 11.2. The van der Waals surface area contributed by atoms with Gasteiger partial charge in [0.25, 0.3) is 0 Å². The van der Waals surface area contributed by atoms with Gasteiger partial charge in [-0.3, -0.25) is 10.1 Å². The molecule has 102 valence electrons. The van der Waals surface area contributed by atoms with Crippen molar-refractivity contribution in [2.24, 2.45) is 0 Å². The predicted molar refractivity (Wildman–Crippen MR) is 78.0 cm³/mol. The van der Waals surface area contributed by atoms with Crippen molar-refractivity contribution in [1.82, 2.24) is 0 Å². The second-order valence-corrected chi connectivity index (χ2v) is 4.45. The molecule has 0 saturated heterocycles. The number of hydrogen-bond acceptors (Lipinski definition) is 3. The third-order valence-corrected chi connectivity index (χ3v) is 2.77. The molecule has 0 N–H and O–H groups in total. The Morgan fingerprint density at radius 3 is 2.65 bits per heavy atom. The van der Waals surface area contributed by atoms with Crippen LogP contribution in [0, 0.1) is 17.0 Å². The third-order valence-electron chi connectivity index (χ3n) is 2.77. The molecule has 0 amide bonds. The number of nitro groups is 1. The van der Waals surface area contributed by atoms with E-state index in [0.29, 0.717) is 12.4 Å². The van der Waals surface area contributed by atoms with Crippen molar-refractivity contribution in [2.75, 3.05) is 0 Å². The van der Waals surface area contributed by atoms with Crippen molar-refractivity contribution >= 4 is 6.08 Å². The molecular formula is C16H15NO3. The van der Waals surface area contributed by atoms with Crippen LogP contribution in [-0.4, -0.2) is 4.92 Å². The summed E-state index contributed by atoms with van der Waals surface area (Å²) in [7, 11) is 0. The van der Waals surface area contributed by atoms with Gasteiger partial charge in [-0.1, -0.05) is 42.0 Å². The Morgan fingerprint density at radius 2 is 1.95 bits per heavy atom. The van der Waals surface area contributed by atoms with E-state index >= 15 is 0 Å². The van der Waals surface area contributed by atoms with Crippen LogP contribution in [0.5, 0.6) is 5.75 Å². The summed E-state index contributed by atoms with van der Waals surface area (Å²) in [5, 5.41) is 10.3. The van der Waals surface area contributed by atoms with Crippen LogP contribution in [-0.2, 0) is 6.61 Å². The van der Waals surface area contributed by atoms with Gasteiger partial charge in [-0.2, -0.15) is 0 Å². The molecule has 2 aromatic carbocycles. The number of nitrogens with zero attached hydrogens (tertiary/aromatic N) is 1. The summed E-state index contributed by atoms with van der Waals surface area (Å²) in [6.45, 7) is 2.51. The van der Waals surface area contributed by atoms with Gasteiger partial charge in [-0.25, -0.2) is 0 Å². The van der Waals surface area contributed by atoms with E-state index in [4.69, 9.17) is 4.74 Å². The number of rotatable bonds is 5. The molecule has 2 aromatic rings. The van der Waals surface area contributed by atoms with E-state index in [-0.39, 0.29) is 0 Å². The highest BCUT2D eigenvalue weighted by Gasteiger charge is 1.98. The van der Waals surface area contributed by atoms with Crippen molar-refractivity contribution in [3.8, 4) is 5.75 Å². The zero-order valence-corrected chi connectivity index (χ0v) is 11.2. The standard InChI is InChI=1S/C16H15NO3/c1-13-5-7-15(8-6-13)12-20-16-4-2-3-14(11-16)9-10-17(18)19/h2-11H,12H2,1H3/b10-9+. The first-order valence-corrected chi connectivity index (χ1v) is 6.23. The molecule has 0 aromatic heterocycles. The third kappa shape index (κ3) is 4.24. The van der Waals surface area contributed by atoms with Crippen molar-refractivity contribution in [2.45, 2.75) is 13.5 Å².